The number of aromatic carboxylic acids is 1. The fourth-order valence-corrected chi connectivity index (χ4v) is 3.90. The minimum Gasteiger partial charge on any atom is -0.508 e. The molecule has 0 aliphatic carbocycles. The average molecular weight is 474 g/mol. The number of phenolic OH excluding ortho intramolecular Hbond substituents is 1. The van der Waals surface area contributed by atoms with Crippen LogP contribution in [0.25, 0.3) is 0 Å². The van der Waals surface area contributed by atoms with Crippen molar-refractivity contribution < 1.29 is 33.0 Å². The Morgan fingerprint density at radius 1 is 1.09 bits per heavy atom. The summed E-state index contributed by atoms with van der Waals surface area (Å²) in [5.41, 5.74) is -0.474. The monoisotopic (exact) mass is 474 g/mol. The van der Waals surface area contributed by atoms with Crippen molar-refractivity contribution in [3.8, 4) is 5.75 Å². The van der Waals surface area contributed by atoms with Gasteiger partial charge in [0.1, 0.15) is 17.1 Å². The Bertz CT molecular complexity index is 1220. The highest BCUT2D eigenvalue weighted by molar-refractivity contribution is 6.01. The summed E-state index contributed by atoms with van der Waals surface area (Å²) < 4.78 is 42.5. The molecule has 0 spiro atoms. The van der Waals surface area contributed by atoms with Crippen LogP contribution in [0.15, 0.2) is 48.5 Å². The van der Waals surface area contributed by atoms with Crippen molar-refractivity contribution in [2.75, 3.05) is 11.4 Å². The smallest absolute Gasteiger partial charge is 0.436 e. The van der Waals surface area contributed by atoms with E-state index in [1.165, 1.54) is 41.1 Å². The molecule has 11 heteroatoms. The van der Waals surface area contributed by atoms with Crippen molar-refractivity contribution in [1.82, 2.24) is 15.1 Å². The quantitative estimate of drug-likeness (QED) is 0.502. The fourth-order valence-electron chi connectivity index (χ4n) is 3.90. The van der Waals surface area contributed by atoms with Crippen LogP contribution in [0.5, 0.6) is 5.75 Å². The van der Waals surface area contributed by atoms with Gasteiger partial charge in [0, 0.05) is 13.1 Å². The van der Waals surface area contributed by atoms with E-state index in [4.69, 9.17) is 5.11 Å². The first-order valence-corrected chi connectivity index (χ1v) is 10.4. The zero-order chi connectivity index (χ0) is 24.6. The van der Waals surface area contributed by atoms with Crippen LogP contribution in [-0.4, -0.2) is 38.4 Å². The molecule has 0 radical (unpaired) electrons. The van der Waals surface area contributed by atoms with Gasteiger partial charge in [-0.25, -0.2) is 9.48 Å². The second-order valence-corrected chi connectivity index (χ2v) is 7.98. The van der Waals surface area contributed by atoms with E-state index in [-0.39, 0.29) is 30.2 Å². The van der Waals surface area contributed by atoms with Gasteiger partial charge in [0.25, 0.3) is 5.91 Å². The second-order valence-electron chi connectivity index (χ2n) is 7.98. The summed E-state index contributed by atoms with van der Waals surface area (Å²) in [4.78, 5) is 25.8. The number of anilines is 1. The van der Waals surface area contributed by atoms with Crippen molar-refractivity contribution in [1.29, 1.82) is 0 Å². The van der Waals surface area contributed by atoms with Gasteiger partial charge in [0.2, 0.25) is 0 Å². The van der Waals surface area contributed by atoms with Crippen molar-refractivity contribution in [3.05, 3.63) is 76.5 Å². The van der Waals surface area contributed by atoms with Gasteiger partial charge in [-0.1, -0.05) is 24.3 Å². The molecule has 34 heavy (non-hydrogen) atoms. The topological polar surface area (TPSA) is 108 Å². The third-order valence-electron chi connectivity index (χ3n) is 5.62. The Kier molecular flexibility index (Phi) is 5.94. The molecule has 0 saturated carbocycles. The lowest BCUT2D eigenvalue weighted by molar-refractivity contribution is -0.141. The SMILES string of the molecule is C[C@H](NC(=O)c1c(C(F)(F)F)nn2c1N(Cc1ccc(O)cc1)CC2)c1ccc(C(=O)O)cc1. The lowest BCUT2D eigenvalue weighted by Crippen LogP contribution is -2.31. The second kappa shape index (κ2) is 8.73. The number of hydrogen-bond acceptors (Lipinski definition) is 5. The highest BCUT2D eigenvalue weighted by atomic mass is 19.4. The molecule has 1 aromatic heterocycles. The fraction of sp³-hybridized carbons (Fsp3) is 0.261. The van der Waals surface area contributed by atoms with E-state index in [1.54, 1.807) is 24.0 Å². The van der Waals surface area contributed by atoms with Crippen molar-refractivity contribution in [2.24, 2.45) is 0 Å². The van der Waals surface area contributed by atoms with Crippen molar-refractivity contribution in [3.63, 3.8) is 0 Å². The number of carbonyl (C=O) groups excluding carboxylic acids is 1. The zero-order valence-electron chi connectivity index (χ0n) is 18.0. The molecule has 4 rings (SSSR count). The minimum atomic E-state index is -4.83. The Hall–Kier alpha value is -4.02. The summed E-state index contributed by atoms with van der Waals surface area (Å²) in [5, 5.41) is 24.8. The molecule has 1 atom stereocenters. The lowest BCUT2D eigenvalue weighted by atomic mass is 10.1. The van der Waals surface area contributed by atoms with E-state index in [0.717, 1.165) is 5.56 Å². The molecule has 2 aromatic carbocycles. The summed E-state index contributed by atoms with van der Waals surface area (Å²) in [6, 6.07) is 11.3. The molecule has 1 amide bonds. The number of nitrogens with zero attached hydrogens (tertiary/aromatic N) is 3. The molecule has 178 valence electrons. The van der Waals surface area contributed by atoms with Crippen LogP contribution < -0.4 is 10.2 Å². The maximum Gasteiger partial charge on any atom is 0.436 e. The number of alkyl halides is 3. The number of carbonyl (C=O) groups is 2. The van der Waals surface area contributed by atoms with Gasteiger partial charge >= 0.3 is 12.1 Å². The maximum atomic E-state index is 13.8. The number of hydrogen-bond donors (Lipinski definition) is 3. The molecule has 2 heterocycles. The van der Waals surface area contributed by atoms with Gasteiger partial charge in [-0.3, -0.25) is 4.79 Å². The average Bonchev–Trinajstić information content (AvgIpc) is 3.35. The first kappa shape index (κ1) is 23.1. The molecule has 0 unspecified atom stereocenters. The van der Waals surface area contributed by atoms with Crippen LogP contribution in [0.2, 0.25) is 0 Å². The standard InChI is InChI=1S/C23H21F3N4O4/c1-13(15-4-6-16(7-5-15)22(33)34)27-20(32)18-19(23(24,25)26)28-30-11-10-29(21(18)30)12-14-2-8-17(31)9-3-14/h2-9,13,31H,10-12H2,1H3,(H,27,32)(H,33,34)/t13-/m0/s1. The number of nitrogens with one attached hydrogen (secondary N) is 1. The highest BCUT2D eigenvalue weighted by Crippen LogP contribution is 2.38. The van der Waals surface area contributed by atoms with E-state index < -0.39 is 35.4 Å². The van der Waals surface area contributed by atoms with E-state index in [9.17, 15) is 27.9 Å². The molecule has 8 nitrogen and oxygen atoms in total. The third kappa shape index (κ3) is 4.54. The Balaban J connectivity index is 1.64. The summed E-state index contributed by atoms with van der Waals surface area (Å²) in [5.74, 6) is -1.89. The molecule has 3 N–H and O–H groups in total. The van der Waals surface area contributed by atoms with Crippen LogP contribution in [0.3, 0.4) is 0 Å². The maximum absolute atomic E-state index is 13.8. The number of halogens is 3. The summed E-state index contributed by atoms with van der Waals surface area (Å²) >= 11 is 0. The molecule has 0 fully saturated rings. The number of rotatable bonds is 6. The van der Waals surface area contributed by atoms with Gasteiger partial charge < -0.3 is 20.4 Å². The van der Waals surface area contributed by atoms with Gasteiger partial charge in [-0.15, -0.1) is 0 Å². The summed E-state index contributed by atoms with van der Waals surface area (Å²) in [6.45, 7) is 2.39. The predicted molar refractivity (Wildman–Crippen MR) is 116 cm³/mol. The molecular weight excluding hydrogens is 453 g/mol. The van der Waals surface area contributed by atoms with Gasteiger partial charge in [-0.2, -0.15) is 18.3 Å². The van der Waals surface area contributed by atoms with Crippen LogP contribution >= 0.6 is 0 Å². The lowest BCUT2D eigenvalue weighted by Gasteiger charge is -2.21. The van der Waals surface area contributed by atoms with Crippen LogP contribution in [0.1, 0.15) is 50.5 Å². The first-order valence-electron chi connectivity index (χ1n) is 10.4. The Morgan fingerprint density at radius 2 is 1.74 bits per heavy atom. The minimum absolute atomic E-state index is 0.0564. The molecule has 0 bridgehead atoms. The largest absolute Gasteiger partial charge is 0.508 e. The molecule has 3 aromatic rings. The molecule has 1 aliphatic heterocycles. The molecule has 0 saturated heterocycles. The third-order valence-corrected chi connectivity index (χ3v) is 5.62. The number of carboxylic acids is 1. The van der Waals surface area contributed by atoms with Gasteiger partial charge in [0.05, 0.1) is 18.2 Å². The number of aromatic nitrogens is 2. The number of aromatic hydroxyl groups is 1. The first-order chi connectivity index (χ1) is 16.0. The van der Waals surface area contributed by atoms with E-state index in [2.05, 4.69) is 10.4 Å². The van der Waals surface area contributed by atoms with Crippen molar-refractivity contribution in [2.45, 2.75) is 32.2 Å². The zero-order valence-corrected chi connectivity index (χ0v) is 18.0. The molecule has 1 aliphatic rings. The summed E-state index contributed by atoms with van der Waals surface area (Å²) in [6.07, 6.45) is -4.83. The predicted octanol–water partition coefficient (Wildman–Crippen LogP) is 3.82. The number of fused-ring (bicyclic) bond motifs is 1. The van der Waals surface area contributed by atoms with Gasteiger partial charge in [-0.05, 0) is 42.3 Å². The highest BCUT2D eigenvalue weighted by Gasteiger charge is 2.44. The number of carboxylic acid groups (broad SMARTS) is 1. The Morgan fingerprint density at radius 3 is 2.32 bits per heavy atom. The van der Waals surface area contributed by atoms with Crippen LogP contribution in [-0.2, 0) is 19.3 Å². The molecular formula is C23H21F3N4O4. The number of phenols is 1. The van der Waals surface area contributed by atoms with E-state index >= 15 is 0 Å². The van der Waals surface area contributed by atoms with Crippen molar-refractivity contribution >= 4 is 17.7 Å². The number of benzene rings is 2. The van der Waals surface area contributed by atoms with E-state index in [1.807, 2.05) is 0 Å². The normalized spacial score (nSPS) is 14.1. The number of amides is 1. The van der Waals surface area contributed by atoms with Gasteiger partial charge in [0.15, 0.2) is 5.69 Å². The van der Waals surface area contributed by atoms with Crippen LogP contribution in [0, 0.1) is 0 Å². The van der Waals surface area contributed by atoms with Crippen LogP contribution in [0.4, 0.5) is 19.0 Å². The Labute approximate surface area is 192 Å². The van der Waals surface area contributed by atoms with E-state index in [0.29, 0.717) is 12.1 Å². The summed E-state index contributed by atoms with van der Waals surface area (Å²) in [7, 11) is 0.